The van der Waals surface area contributed by atoms with Gasteiger partial charge in [0.05, 0.1) is 13.2 Å². The Morgan fingerprint density at radius 1 is 1.04 bits per heavy atom. The number of Topliss-reactive ketones (excluding diaryl/α,β-unsaturated/α-hetero) is 1. The van der Waals surface area contributed by atoms with E-state index in [1.807, 2.05) is 0 Å². The van der Waals surface area contributed by atoms with Crippen molar-refractivity contribution in [3.05, 3.63) is 0 Å². The Labute approximate surface area is 138 Å². The van der Waals surface area contributed by atoms with Crippen LogP contribution in [-0.4, -0.2) is 115 Å². The van der Waals surface area contributed by atoms with E-state index in [1.54, 1.807) is 0 Å². The molecular weight excluding hydrogens is 332 g/mol. The number of carbonyl (C=O) groups excluding carboxylic acids is 1. The molecular formula is C13H26O11. The summed E-state index contributed by atoms with van der Waals surface area (Å²) in [7, 11) is 0. The average Bonchev–Trinajstić information content (AvgIpc) is 2.56. The Hall–Kier alpha value is -0.730. The quantitative estimate of drug-likeness (QED) is 0.207. The molecule has 0 aromatic carbocycles. The van der Waals surface area contributed by atoms with Crippen molar-refractivity contribution in [2.24, 2.45) is 0 Å². The van der Waals surface area contributed by atoms with E-state index in [0.29, 0.717) is 0 Å². The number of aliphatic hydroxyl groups excluding tert-OH is 8. The number of carbonyl (C=O) groups is 1. The molecule has 0 aliphatic carbocycles. The lowest BCUT2D eigenvalue weighted by Crippen LogP contribution is -2.59. The molecule has 0 aromatic heterocycles. The molecule has 8 atom stereocenters. The second-order valence-corrected chi connectivity index (χ2v) is 5.16. The molecule has 0 bridgehead atoms. The summed E-state index contributed by atoms with van der Waals surface area (Å²) < 4.78 is 9.94. The first-order valence-corrected chi connectivity index (χ1v) is 6.84. The highest BCUT2D eigenvalue weighted by Crippen LogP contribution is 2.22. The van der Waals surface area contributed by atoms with Crippen LogP contribution in [0.15, 0.2) is 0 Å². The second-order valence-electron chi connectivity index (χ2n) is 5.16. The Bertz CT molecular complexity index is 377. The molecule has 1 aliphatic heterocycles. The molecule has 1 aliphatic rings. The van der Waals surface area contributed by atoms with Crippen molar-refractivity contribution >= 4 is 5.78 Å². The molecule has 0 amide bonds. The predicted molar refractivity (Wildman–Crippen MR) is 76.6 cm³/mol. The summed E-state index contributed by atoms with van der Waals surface area (Å²) in [5.41, 5.74) is 0. The van der Waals surface area contributed by atoms with Gasteiger partial charge in [-0.2, -0.15) is 0 Å². The molecule has 11 heteroatoms. The summed E-state index contributed by atoms with van der Waals surface area (Å²) in [5.74, 6) is -1.11. The van der Waals surface area contributed by atoms with Gasteiger partial charge in [0.1, 0.15) is 49.3 Å². The van der Waals surface area contributed by atoms with Crippen molar-refractivity contribution in [1.82, 2.24) is 0 Å². The lowest BCUT2D eigenvalue weighted by atomic mass is 9.99. The molecule has 24 heavy (non-hydrogen) atoms. The number of aliphatic hydroxyl groups is 8. The fourth-order valence-corrected chi connectivity index (χ4v) is 1.99. The Balaban J connectivity index is 0.00000529. The summed E-state index contributed by atoms with van der Waals surface area (Å²) in [5, 5.41) is 74.8. The van der Waals surface area contributed by atoms with Gasteiger partial charge in [-0.25, -0.2) is 0 Å². The smallest absolute Gasteiger partial charge is 0.189 e. The normalized spacial score (nSPS) is 34.1. The third kappa shape index (κ3) is 5.39. The van der Waals surface area contributed by atoms with Crippen molar-refractivity contribution in [3.8, 4) is 0 Å². The minimum atomic E-state index is -2.03. The van der Waals surface area contributed by atoms with Crippen molar-refractivity contribution < 1.29 is 55.1 Å². The van der Waals surface area contributed by atoms with E-state index >= 15 is 0 Å². The maximum absolute atomic E-state index is 11.0. The first-order valence-electron chi connectivity index (χ1n) is 6.84. The lowest BCUT2D eigenvalue weighted by molar-refractivity contribution is -0.306. The molecule has 1 saturated heterocycles. The Kier molecular flexibility index (Phi) is 9.99. The zero-order chi connectivity index (χ0) is 17.7. The molecule has 0 saturated carbocycles. The van der Waals surface area contributed by atoms with Crippen molar-refractivity contribution in [3.63, 3.8) is 0 Å². The van der Waals surface area contributed by atoms with Crippen LogP contribution in [0.25, 0.3) is 0 Å². The molecule has 8 N–H and O–H groups in total. The third-order valence-corrected chi connectivity index (χ3v) is 3.48. The van der Waals surface area contributed by atoms with Gasteiger partial charge in [-0.1, -0.05) is 7.43 Å². The maximum Gasteiger partial charge on any atom is 0.189 e. The average molecular weight is 358 g/mol. The maximum atomic E-state index is 11.0. The Morgan fingerprint density at radius 2 is 1.62 bits per heavy atom. The number of ether oxygens (including phenoxy) is 2. The van der Waals surface area contributed by atoms with Crippen LogP contribution >= 0.6 is 0 Å². The summed E-state index contributed by atoms with van der Waals surface area (Å²) in [6.07, 6.45) is -13.4. The van der Waals surface area contributed by atoms with E-state index in [4.69, 9.17) is 19.7 Å². The minimum Gasteiger partial charge on any atom is -0.394 e. The number of hydrogen-bond donors (Lipinski definition) is 8. The van der Waals surface area contributed by atoms with Crippen molar-refractivity contribution in [1.29, 1.82) is 0 Å². The van der Waals surface area contributed by atoms with Gasteiger partial charge < -0.3 is 50.3 Å². The molecule has 11 nitrogen and oxygen atoms in total. The molecule has 1 fully saturated rings. The van der Waals surface area contributed by atoms with Crippen LogP contribution in [0, 0.1) is 0 Å². The molecule has 1 rings (SSSR count). The van der Waals surface area contributed by atoms with E-state index < -0.39 is 74.6 Å². The van der Waals surface area contributed by atoms with Crippen LogP contribution in [0.1, 0.15) is 7.43 Å². The first kappa shape index (κ1) is 23.3. The van der Waals surface area contributed by atoms with E-state index in [-0.39, 0.29) is 7.43 Å². The monoisotopic (exact) mass is 358 g/mol. The van der Waals surface area contributed by atoms with Gasteiger partial charge in [0.25, 0.3) is 0 Å². The predicted octanol–water partition coefficient (Wildman–Crippen LogP) is -4.92. The minimum absolute atomic E-state index is 0. The number of hydrogen-bond acceptors (Lipinski definition) is 11. The van der Waals surface area contributed by atoms with Gasteiger partial charge in [-0.05, 0) is 0 Å². The van der Waals surface area contributed by atoms with Crippen LogP contribution in [0.2, 0.25) is 0 Å². The Morgan fingerprint density at radius 3 is 2.12 bits per heavy atom. The van der Waals surface area contributed by atoms with Crippen LogP contribution in [0.3, 0.4) is 0 Å². The van der Waals surface area contributed by atoms with Gasteiger partial charge in [-0.3, -0.25) is 4.79 Å². The summed E-state index contributed by atoms with van der Waals surface area (Å²) in [6, 6.07) is 0. The fraction of sp³-hybridized carbons (Fsp3) is 0.923. The number of ketones is 1. The second kappa shape index (κ2) is 10.3. The van der Waals surface area contributed by atoms with E-state index in [2.05, 4.69) is 0 Å². The summed E-state index contributed by atoms with van der Waals surface area (Å²) >= 11 is 0. The van der Waals surface area contributed by atoms with Gasteiger partial charge in [0, 0.05) is 0 Å². The summed E-state index contributed by atoms with van der Waals surface area (Å²) in [6.45, 7) is -2.40. The molecule has 0 unspecified atom stereocenters. The standard InChI is InChI=1S/C12H22O11.CH4/c13-1-4(15)7(17)8(18)5(16)3-22-12-11(21)10(20)9(19)6(2-14)23-12;/h5-14,16-21H,1-3H2;1H4/t5-,6-,7-,8-,9-,10+,11-,12+;/m1./s1. The molecule has 0 radical (unpaired) electrons. The zero-order valence-corrected chi connectivity index (χ0v) is 12.0. The van der Waals surface area contributed by atoms with Crippen LogP contribution in [0.4, 0.5) is 0 Å². The van der Waals surface area contributed by atoms with Crippen molar-refractivity contribution in [2.45, 2.75) is 56.4 Å². The molecule has 0 spiro atoms. The van der Waals surface area contributed by atoms with E-state index in [9.17, 15) is 35.4 Å². The fourth-order valence-electron chi connectivity index (χ4n) is 1.99. The van der Waals surface area contributed by atoms with E-state index in [0.717, 1.165) is 0 Å². The molecule has 0 aromatic rings. The lowest BCUT2D eigenvalue weighted by Gasteiger charge is -2.40. The van der Waals surface area contributed by atoms with Gasteiger partial charge in [0.2, 0.25) is 0 Å². The van der Waals surface area contributed by atoms with Gasteiger partial charge >= 0.3 is 0 Å². The highest BCUT2D eigenvalue weighted by Gasteiger charge is 2.44. The zero-order valence-electron chi connectivity index (χ0n) is 12.0. The van der Waals surface area contributed by atoms with Crippen LogP contribution in [-0.2, 0) is 14.3 Å². The van der Waals surface area contributed by atoms with Gasteiger partial charge in [-0.15, -0.1) is 0 Å². The van der Waals surface area contributed by atoms with Crippen LogP contribution < -0.4 is 0 Å². The van der Waals surface area contributed by atoms with E-state index in [1.165, 1.54) is 0 Å². The topological polar surface area (TPSA) is 197 Å². The highest BCUT2D eigenvalue weighted by molar-refractivity contribution is 5.84. The first-order chi connectivity index (χ1) is 10.7. The third-order valence-electron chi connectivity index (χ3n) is 3.48. The number of rotatable bonds is 8. The van der Waals surface area contributed by atoms with Gasteiger partial charge in [0.15, 0.2) is 12.1 Å². The van der Waals surface area contributed by atoms with Crippen molar-refractivity contribution in [2.75, 3.05) is 19.8 Å². The molecule has 1 heterocycles. The summed E-state index contributed by atoms with van der Waals surface area (Å²) in [4.78, 5) is 11.0. The van der Waals surface area contributed by atoms with Crippen LogP contribution in [0.5, 0.6) is 0 Å². The SMILES string of the molecule is C.O=C(CO)[C@@H](O)[C@H](O)[C@H](O)CO[C@H]1O[C@H](CO)[C@@H](O)[C@H](O)[C@H]1O. The highest BCUT2D eigenvalue weighted by atomic mass is 16.7. The molecule has 144 valence electrons. The largest absolute Gasteiger partial charge is 0.394 e.